The number of anilines is 1. The zero-order chi connectivity index (χ0) is 28.8. The van der Waals surface area contributed by atoms with Crippen LogP contribution in [0.1, 0.15) is 39.4 Å². The van der Waals surface area contributed by atoms with Crippen molar-refractivity contribution >= 4 is 23.1 Å². The summed E-state index contributed by atoms with van der Waals surface area (Å²) in [5.41, 5.74) is 1.90. The molecule has 2 atom stereocenters. The van der Waals surface area contributed by atoms with Gasteiger partial charge in [0.1, 0.15) is 24.3 Å². The average molecular weight is 557 g/mol. The van der Waals surface area contributed by atoms with Gasteiger partial charge in [-0.05, 0) is 57.2 Å². The minimum Gasteiger partial charge on any atom is -0.481 e. The van der Waals surface area contributed by atoms with Crippen molar-refractivity contribution in [3.63, 3.8) is 0 Å². The molecule has 3 heterocycles. The van der Waals surface area contributed by atoms with Crippen LogP contribution in [0.15, 0.2) is 60.5 Å². The SMILES string of the molecule is COC1C=CC(Cn2c(C#CCOc3ccccc3)nc3c(NC4CCN(C(=O)OC(C)(C)C)C4)ncnc32)=CC1. The van der Waals surface area contributed by atoms with Crippen molar-refractivity contribution in [3.05, 3.63) is 66.3 Å². The van der Waals surface area contributed by atoms with Crippen molar-refractivity contribution in [2.24, 2.45) is 0 Å². The van der Waals surface area contributed by atoms with Gasteiger partial charge in [0.15, 0.2) is 22.8 Å². The minimum absolute atomic E-state index is 0.00883. The summed E-state index contributed by atoms with van der Waals surface area (Å²) in [6, 6.07) is 9.59. The van der Waals surface area contributed by atoms with E-state index in [1.54, 1.807) is 12.0 Å². The van der Waals surface area contributed by atoms with E-state index in [-0.39, 0.29) is 24.8 Å². The van der Waals surface area contributed by atoms with Gasteiger partial charge < -0.3 is 24.4 Å². The predicted octanol–water partition coefficient (Wildman–Crippen LogP) is 4.58. The molecule has 1 amide bonds. The van der Waals surface area contributed by atoms with Crippen LogP contribution in [0, 0.1) is 11.8 Å². The van der Waals surface area contributed by atoms with Crippen molar-refractivity contribution < 1.29 is 19.0 Å². The van der Waals surface area contributed by atoms with Crippen molar-refractivity contribution in [1.82, 2.24) is 24.4 Å². The molecule has 1 saturated heterocycles. The lowest BCUT2D eigenvalue weighted by Crippen LogP contribution is -2.36. The fourth-order valence-corrected chi connectivity index (χ4v) is 4.72. The number of nitrogens with zero attached hydrogens (tertiary/aromatic N) is 5. The number of hydrogen-bond donors (Lipinski definition) is 1. The van der Waals surface area contributed by atoms with E-state index in [0.29, 0.717) is 42.4 Å². The first-order chi connectivity index (χ1) is 19.8. The third kappa shape index (κ3) is 7.24. The van der Waals surface area contributed by atoms with Gasteiger partial charge in [0.05, 0.1) is 12.6 Å². The number of hydrogen-bond acceptors (Lipinski definition) is 8. The highest BCUT2D eigenvalue weighted by Crippen LogP contribution is 2.25. The monoisotopic (exact) mass is 556 g/mol. The minimum atomic E-state index is -0.536. The van der Waals surface area contributed by atoms with Crippen LogP contribution in [-0.4, -0.2) is 75.1 Å². The number of allylic oxidation sites excluding steroid dienone is 2. The number of aromatic nitrogens is 4. The molecular formula is C31H36N6O4. The number of carbonyl (C=O) groups is 1. The Bertz CT molecular complexity index is 1500. The van der Waals surface area contributed by atoms with E-state index in [4.69, 9.17) is 19.2 Å². The highest BCUT2D eigenvalue weighted by atomic mass is 16.6. The largest absolute Gasteiger partial charge is 0.481 e. The number of fused-ring (bicyclic) bond motifs is 1. The second kappa shape index (κ2) is 12.4. The van der Waals surface area contributed by atoms with Gasteiger partial charge in [0.2, 0.25) is 0 Å². The first kappa shape index (κ1) is 28.2. The summed E-state index contributed by atoms with van der Waals surface area (Å²) in [6.07, 6.45) is 9.18. The Morgan fingerprint density at radius 3 is 2.76 bits per heavy atom. The Morgan fingerprint density at radius 1 is 1.20 bits per heavy atom. The van der Waals surface area contributed by atoms with Crippen LogP contribution in [0.25, 0.3) is 11.2 Å². The molecule has 0 spiro atoms. The number of benzene rings is 1. The van der Waals surface area contributed by atoms with Gasteiger partial charge >= 0.3 is 6.09 Å². The molecule has 1 N–H and O–H groups in total. The van der Waals surface area contributed by atoms with Crippen molar-refractivity contribution in [1.29, 1.82) is 0 Å². The summed E-state index contributed by atoms with van der Waals surface area (Å²) < 4.78 is 18.8. The molecule has 2 unspecified atom stereocenters. The van der Waals surface area contributed by atoms with Crippen molar-refractivity contribution in [2.75, 3.05) is 32.1 Å². The van der Waals surface area contributed by atoms with Gasteiger partial charge in [-0.2, -0.15) is 0 Å². The quantitative estimate of drug-likeness (QED) is 0.422. The Kier molecular flexibility index (Phi) is 8.55. The van der Waals surface area contributed by atoms with E-state index in [0.717, 1.165) is 24.2 Å². The van der Waals surface area contributed by atoms with Gasteiger partial charge in [-0.25, -0.2) is 19.7 Å². The molecule has 10 nitrogen and oxygen atoms in total. The van der Waals surface area contributed by atoms with Crippen molar-refractivity contribution in [2.45, 2.75) is 57.9 Å². The third-order valence-corrected chi connectivity index (χ3v) is 6.75. The first-order valence-corrected chi connectivity index (χ1v) is 13.8. The summed E-state index contributed by atoms with van der Waals surface area (Å²) in [4.78, 5) is 28.2. The van der Waals surface area contributed by atoms with Gasteiger partial charge in [0.25, 0.3) is 0 Å². The molecular weight excluding hydrogens is 520 g/mol. The molecule has 1 aromatic carbocycles. The lowest BCUT2D eigenvalue weighted by atomic mass is 10.0. The molecule has 2 aromatic heterocycles. The summed E-state index contributed by atoms with van der Waals surface area (Å²) in [6.45, 7) is 7.51. The maximum absolute atomic E-state index is 12.6. The molecule has 0 bridgehead atoms. The lowest BCUT2D eigenvalue weighted by molar-refractivity contribution is 0.0293. The van der Waals surface area contributed by atoms with Gasteiger partial charge in [-0.1, -0.05) is 42.3 Å². The van der Waals surface area contributed by atoms with Gasteiger partial charge in [-0.15, -0.1) is 0 Å². The number of para-hydroxylation sites is 1. The number of carbonyl (C=O) groups excluding carboxylic acids is 1. The van der Waals surface area contributed by atoms with Crippen LogP contribution in [0.5, 0.6) is 5.75 Å². The Labute approximate surface area is 240 Å². The molecule has 1 fully saturated rings. The number of ether oxygens (including phenoxy) is 3. The lowest BCUT2D eigenvalue weighted by Gasteiger charge is -2.24. The number of imidazole rings is 1. The highest BCUT2D eigenvalue weighted by molar-refractivity contribution is 5.84. The number of nitrogens with one attached hydrogen (secondary N) is 1. The predicted molar refractivity (Wildman–Crippen MR) is 157 cm³/mol. The topological polar surface area (TPSA) is 104 Å². The second-order valence-corrected chi connectivity index (χ2v) is 11.0. The Morgan fingerprint density at radius 2 is 2.02 bits per heavy atom. The number of amides is 1. The molecule has 2 aliphatic rings. The number of methoxy groups -OCH3 is 1. The fraction of sp³-hybridized carbons (Fsp3) is 0.419. The zero-order valence-electron chi connectivity index (χ0n) is 24.0. The Balaban J connectivity index is 1.38. The first-order valence-electron chi connectivity index (χ1n) is 13.8. The second-order valence-electron chi connectivity index (χ2n) is 11.0. The van der Waals surface area contributed by atoms with Crippen LogP contribution < -0.4 is 10.1 Å². The van der Waals surface area contributed by atoms with Crippen LogP contribution in [0.2, 0.25) is 0 Å². The zero-order valence-corrected chi connectivity index (χ0v) is 24.0. The van der Waals surface area contributed by atoms with E-state index >= 15 is 0 Å². The van der Waals surface area contributed by atoms with Crippen LogP contribution in [-0.2, 0) is 16.0 Å². The molecule has 0 radical (unpaired) electrons. The molecule has 1 aliphatic heterocycles. The van der Waals surface area contributed by atoms with E-state index in [1.165, 1.54) is 6.33 Å². The molecule has 5 rings (SSSR count). The normalized spacial score (nSPS) is 18.5. The molecule has 10 heteroatoms. The van der Waals surface area contributed by atoms with E-state index in [1.807, 2.05) is 55.7 Å². The third-order valence-electron chi connectivity index (χ3n) is 6.75. The summed E-state index contributed by atoms with van der Waals surface area (Å²) in [5, 5.41) is 3.48. The van der Waals surface area contributed by atoms with Crippen molar-refractivity contribution in [3.8, 4) is 17.6 Å². The van der Waals surface area contributed by atoms with E-state index in [9.17, 15) is 4.79 Å². The molecule has 41 heavy (non-hydrogen) atoms. The van der Waals surface area contributed by atoms with Crippen LogP contribution in [0.4, 0.5) is 10.6 Å². The van der Waals surface area contributed by atoms with E-state index in [2.05, 4.69) is 45.4 Å². The highest BCUT2D eigenvalue weighted by Gasteiger charge is 2.30. The van der Waals surface area contributed by atoms with E-state index < -0.39 is 5.60 Å². The van der Waals surface area contributed by atoms with Gasteiger partial charge in [0, 0.05) is 26.2 Å². The number of likely N-dealkylation sites (tertiary alicyclic amines) is 1. The fourth-order valence-electron chi connectivity index (χ4n) is 4.72. The average Bonchev–Trinajstić information content (AvgIpc) is 3.57. The van der Waals surface area contributed by atoms with Crippen LogP contribution in [0.3, 0.4) is 0 Å². The molecule has 0 saturated carbocycles. The maximum atomic E-state index is 12.6. The molecule has 214 valence electrons. The molecule has 1 aliphatic carbocycles. The number of rotatable bonds is 7. The maximum Gasteiger partial charge on any atom is 0.410 e. The Hall–Kier alpha value is -4.36. The standard InChI is InChI=1S/C31H36N6O4/c1-31(2,3)41-30(38)36-17-16-23(20-36)34-28-27-29(33-21-32-28)37(19-22-12-14-24(39-4)15-13-22)26(35-27)11-8-18-40-25-9-6-5-7-10-25/h5-7,9-10,12-14,21,23-24H,15-20H2,1-4H3,(H,32,33,34). The summed E-state index contributed by atoms with van der Waals surface area (Å²) in [7, 11) is 1.71. The van der Waals surface area contributed by atoms with Crippen LogP contribution >= 0.6 is 0 Å². The molecule has 3 aromatic rings. The van der Waals surface area contributed by atoms with Gasteiger partial charge in [-0.3, -0.25) is 4.57 Å². The smallest absolute Gasteiger partial charge is 0.410 e. The summed E-state index contributed by atoms with van der Waals surface area (Å²) in [5.74, 6) is 8.22. The summed E-state index contributed by atoms with van der Waals surface area (Å²) >= 11 is 0.